The highest BCUT2D eigenvalue weighted by Crippen LogP contribution is 2.41. The molecule has 1 fully saturated rings. The maximum Gasteiger partial charge on any atom is 0.257 e. The molecule has 0 radical (unpaired) electrons. The number of unbranched alkanes of at least 4 members (excludes halogenated alkanes) is 5. The van der Waals surface area contributed by atoms with E-state index in [2.05, 4.69) is 13.0 Å². The van der Waals surface area contributed by atoms with Gasteiger partial charge in [0.1, 0.15) is 0 Å². The summed E-state index contributed by atoms with van der Waals surface area (Å²) in [6.45, 7) is 2.84. The van der Waals surface area contributed by atoms with Crippen LogP contribution in [0, 0.1) is 5.92 Å². The molecule has 2 amide bonds. The summed E-state index contributed by atoms with van der Waals surface area (Å²) in [5.41, 5.74) is 3.52. The molecule has 0 bridgehead atoms. The molecule has 1 heterocycles. The zero-order valence-electron chi connectivity index (χ0n) is 17.2. The number of rotatable bonds is 8. The number of imide groups is 1. The molecule has 3 nitrogen and oxygen atoms in total. The van der Waals surface area contributed by atoms with E-state index in [4.69, 9.17) is 0 Å². The first kappa shape index (κ1) is 20.4. The van der Waals surface area contributed by atoms with Crippen LogP contribution in [0.5, 0.6) is 0 Å². The standard InChI is InChI=1S/C24H37NO2/c1-2-3-4-5-8-13-18-25-23(26)21-17-12-11-16-20(22(21)24(25)27)19-14-9-6-7-10-15-19/h14,21H,2-13,15-18H2,1H3. The predicted octanol–water partition coefficient (Wildman–Crippen LogP) is 6.09. The third-order valence-corrected chi connectivity index (χ3v) is 6.55. The van der Waals surface area contributed by atoms with Crippen LogP contribution in [-0.4, -0.2) is 23.3 Å². The van der Waals surface area contributed by atoms with Crippen LogP contribution < -0.4 is 0 Å². The molecule has 3 rings (SSSR count). The van der Waals surface area contributed by atoms with E-state index in [1.807, 2.05) is 0 Å². The van der Waals surface area contributed by atoms with E-state index in [1.165, 1.54) is 56.1 Å². The van der Waals surface area contributed by atoms with Crippen LogP contribution in [0.15, 0.2) is 22.8 Å². The van der Waals surface area contributed by atoms with Gasteiger partial charge in [-0.25, -0.2) is 0 Å². The van der Waals surface area contributed by atoms with Crippen LogP contribution in [-0.2, 0) is 9.59 Å². The summed E-state index contributed by atoms with van der Waals surface area (Å²) in [4.78, 5) is 27.8. The summed E-state index contributed by atoms with van der Waals surface area (Å²) < 4.78 is 0. The van der Waals surface area contributed by atoms with E-state index < -0.39 is 0 Å². The van der Waals surface area contributed by atoms with Crippen LogP contribution in [0.2, 0.25) is 0 Å². The largest absolute Gasteiger partial charge is 0.278 e. The van der Waals surface area contributed by atoms with Crippen molar-refractivity contribution < 1.29 is 9.59 Å². The Morgan fingerprint density at radius 1 is 0.926 bits per heavy atom. The van der Waals surface area contributed by atoms with Gasteiger partial charge in [-0.05, 0) is 62.5 Å². The van der Waals surface area contributed by atoms with Crippen LogP contribution in [0.4, 0.5) is 0 Å². The van der Waals surface area contributed by atoms with Crippen LogP contribution in [0.25, 0.3) is 0 Å². The number of hydrogen-bond donors (Lipinski definition) is 0. The van der Waals surface area contributed by atoms with Crippen molar-refractivity contribution >= 4 is 11.8 Å². The fraction of sp³-hybridized carbons (Fsp3) is 0.750. The number of hydrogen-bond acceptors (Lipinski definition) is 2. The number of fused-ring (bicyclic) bond motifs is 1. The highest BCUT2D eigenvalue weighted by atomic mass is 16.2. The molecule has 27 heavy (non-hydrogen) atoms. The van der Waals surface area contributed by atoms with E-state index >= 15 is 0 Å². The summed E-state index contributed by atoms with van der Waals surface area (Å²) in [6, 6.07) is 0. The SMILES string of the molecule is CCCCCCCCN1C(=O)C2=C(C3=CCCCCC3)CCCCC2C1=O. The number of carbonyl (C=O) groups excluding carboxylic acids is 2. The molecule has 150 valence electrons. The van der Waals surface area contributed by atoms with E-state index in [9.17, 15) is 9.59 Å². The van der Waals surface area contributed by atoms with Crippen molar-refractivity contribution in [2.45, 2.75) is 103 Å². The van der Waals surface area contributed by atoms with Crippen molar-refractivity contribution in [2.24, 2.45) is 5.92 Å². The summed E-state index contributed by atoms with van der Waals surface area (Å²) in [5, 5.41) is 0. The molecule has 1 unspecified atom stereocenters. The Balaban J connectivity index is 1.72. The molecule has 3 aliphatic rings. The number of carbonyl (C=O) groups is 2. The topological polar surface area (TPSA) is 37.4 Å². The summed E-state index contributed by atoms with van der Waals surface area (Å²) in [6.07, 6.45) is 19.5. The molecular formula is C24H37NO2. The van der Waals surface area contributed by atoms with Gasteiger partial charge in [0.2, 0.25) is 5.91 Å². The molecular weight excluding hydrogens is 334 g/mol. The Kier molecular flexibility index (Phi) is 7.72. The summed E-state index contributed by atoms with van der Waals surface area (Å²) >= 11 is 0. The molecule has 0 aromatic carbocycles. The van der Waals surface area contributed by atoms with Crippen LogP contribution in [0.1, 0.15) is 103 Å². The second-order valence-electron chi connectivity index (χ2n) is 8.58. The molecule has 2 aliphatic carbocycles. The smallest absolute Gasteiger partial charge is 0.257 e. The number of allylic oxidation sites excluding steroid dienone is 3. The van der Waals surface area contributed by atoms with E-state index in [-0.39, 0.29) is 17.7 Å². The van der Waals surface area contributed by atoms with Crippen molar-refractivity contribution in [2.75, 3.05) is 6.54 Å². The molecule has 0 aromatic rings. The maximum atomic E-state index is 13.2. The van der Waals surface area contributed by atoms with Gasteiger partial charge in [-0.1, -0.05) is 57.9 Å². The molecule has 3 heteroatoms. The fourth-order valence-electron chi connectivity index (χ4n) is 4.98. The highest BCUT2D eigenvalue weighted by Gasteiger charge is 2.45. The lowest BCUT2D eigenvalue weighted by Crippen LogP contribution is -2.31. The molecule has 1 saturated heterocycles. The second kappa shape index (κ2) is 10.2. The van der Waals surface area contributed by atoms with Gasteiger partial charge in [0.15, 0.2) is 0 Å². The summed E-state index contributed by atoms with van der Waals surface area (Å²) in [5.74, 6) is -0.0166. The lowest BCUT2D eigenvalue weighted by molar-refractivity contribution is -0.139. The minimum absolute atomic E-state index is 0.0422. The third-order valence-electron chi connectivity index (χ3n) is 6.55. The molecule has 0 aromatic heterocycles. The average Bonchev–Trinajstić information content (AvgIpc) is 2.96. The monoisotopic (exact) mass is 371 g/mol. The van der Waals surface area contributed by atoms with Crippen LogP contribution >= 0.6 is 0 Å². The van der Waals surface area contributed by atoms with Crippen molar-refractivity contribution in [3.63, 3.8) is 0 Å². The lowest BCUT2D eigenvalue weighted by Gasteiger charge is -2.15. The van der Waals surface area contributed by atoms with Crippen LogP contribution in [0.3, 0.4) is 0 Å². The fourth-order valence-corrected chi connectivity index (χ4v) is 4.98. The van der Waals surface area contributed by atoms with E-state index in [0.717, 1.165) is 56.9 Å². The van der Waals surface area contributed by atoms with Gasteiger partial charge < -0.3 is 0 Å². The van der Waals surface area contributed by atoms with Gasteiger partial charge in [0.25, 0.3) is 5.91 Å². The minimum Gasteiger partial charge on any atom is -0.278 e. The normalized spacial score (nSPS) is 24.0. The summed E-state index contributed by atoms with van der Waals surface area (Å²) in [7, 11) is 0. The van der Waals surface area contributed by atoms with Gasteiger partial charge in [-0.2, -0.15) is 0 Å². The zero-order valence-corrected chi connectivity index (χ0v) is 17.2. The average molecular weight is 372 g/mol. The Morgan fingerprint density at radius 3 is 2.56 bits per heavy atom. The molecule has 0 saturated carbocycles. The van der Waals surface area contributed by atoms with Crippen molar-refractivity contribution in [1.29, 1.82) is 0 Å². The molecule has 0 spiro atoms. The third kappa shape index (κ3) is 4.92. The molecule has 1 atom stereocenters. The van der Waals surface area contributed by atoms with Gasteiger partial charge in [0, 0.05) is 12.1 Å². The molecule has 1 aliphatic heterocycles. The second-order valence-corrected chi connectivity index (χ2v) is 8.58. The van der Waals surface area contributed by atoms with Crippen molar-refractivity contribution in [3.05, 3.63) is 22.8 Å². The first-order valence-electron chi connectivity index (χ1n) is 11.5. The number of likely N-dealkylation sites (tertiary alicyclic amines) is 1. The highest BCUT2D eigenvalue weighted by molar-refractivity contribution is 6.15. The van der Waals surface area contributed by atoms with Gasteiger partial charge >= 0.3 is 0 Å². The number of amides is 2. The van der Waals surface area contributed by atoms with Crippen molar-refractivity contribution in [3.8, 4) is 0 Å². The maximum absolute atomic E-state index is 13.2. The molecule has 0 N–H and O–H groups in total. The number of nitrogens with zero attached hydrogens (tertiary/aromatic N) is 1. The van der Waals surface area contributed by atoms with E-state index in [0.29, 0.717) is 6.54 Å². The van der Waals surface area contributed by atoms with Crippen molar-refractivity contribution in [1.82, 2.24) is 4.90 Å². The van der Waals surface area contributed by atoms with Gasteiger partial charge in [0.05, 0.1) is 5.92 Å². The van der Waals surface area contributed by atoms with Gasteiger partial charge in [-0.15, -0.1) is 0 Å². The Morgan fingerprint density at radius 2 is 1.70 bits per heavy atom. The lowest BCUT2D eigenvalue weighted by atomic mass is 9.89. The Labute approximate surface area is 165 Å². The van der Waals surface area contributed by atoms with E-state index in [1.54, 1.807) is 4.90 Å². The first-order chi connectivity index (χ1) is 13.2. The zero-order chi connectivity index (χ0) is 19.1. The quantitative estimate of drug-likeness (QED) is 0.382. The minimum atomic E-state index is -0.153. The Hall–Kier alpha value is -1.38. The predicted molar refractivity (Wildman–Crippen MR) is 110 cm³/mol. The van der Waals surface area contributed by atoms with Gasteiger partial charge in [-0.3, -0.25) is 14.5 Å². The first-order valence-corrected chi connectivity index (χ1v) is 11.5. The Bertz CT molecular complexity index is 602.